The van der Waals surface area contributed by atoms with Crippen LogP contribution in [-0.4, -0.2) is 73.6 Å². The SMILES string of the molecule is COc1cccc(CNc2ncnc3nc[nH]c23)c1OC1O[C@H](CO)[C@@H](O)[C@H]1O. The van der Waals surface area contributed by atoms with Gasteiger partial charge in [-0.25, -0.2) is 15.0 Å². The molecular formula is C18H21N5O6. The predicted molar refractivity (Wildman–Crippen MR) is 100 cm³/mol. The van der Waals surface area contributed by atoms with Crippen LogP contribution < -0.4 is 14.8 Å². The topological polar surface area (TPSA) is 155 Å². The molecule has 3 heterocycles. The maximum Gasteiger partial charge on any atom is 0.229 e. The molecule has 2 aromatic heterocycles. The average molecular weight is 403 g/mol. The van der Waals surface area contributed by atoms with Gasteiger partial charge in [-0.15, -0.1) is 0 Å². The number of imidazole rings is 1. The number of aromatic nitrogens is 4. The lowest BCUT2D eigenvalue weighted by atomic mass is 10.1. The predicted octanol–water partition coefficient (Wildman–Crippen LogP) is -0.209. The number of anilines is 1. The molecule has 0 spiro atoms. The molecule has 29 heavy (non-hydrogen) atoms. The molecule has 1 fully saturated rings. The summed E-state index contributed by atoms with van der Waals surface area (Å²) in [5.41, 5.74) is 1.91. The number of para-hydroxylation sites is 1. The first-order valence-electron chi connectivity index (χ1n) is 8.95. The number of nitrogens with zero attached hydrogens (tertiary/aromatic N) is 3. The zero-order valence-electron chi connectivity index (χ0n) is 15.5. The Kier molecular flexibility index (Phi) is 5.45. The Bertz CT molecular complexity index is 982. The van der Waals surface area contributed by atoms with E-state index >= 15 is 0 Å². The Morgan fingerprint density at radius 3 is 2.83 bits per heavy atom. The van der Waals surface area contributed by atoms with Crippen LogP contribution >= 0.6 is 0 Å². The number of fused-ring (bicyclic) bond motifs is 1. The number of aromatic amines is 1. The number of hydrogen-bond donors (Lipinski definition) is 5. The number of nitrogens with one attached hydrogen (secondary N) is 2. The second-order valence-electron chi connectivity index (χ2n) is 6.45. The van der Waals surface area contributed by atoms with Crippen LogP contribution in [0.3, 0.4) is 0 Å². The van der Waals surface area contributed by atoms with Gasteiger partial charge in [0.15, 0.2) is 23.0 Å². The Morgan fingerprint density at radius 1 is 1.21 bits per heavy atom. The first-order valence-corrected chi connectivity index (χ1v) is 8.95. The Hall–Kier alpha value is -2.99. The lowest BCUT2D eigenvalue weighted by Gasteiger charge is -2.21. The van der Waals surface area contributed by atoms with Crippen LogP contribution in [0.15, 0.2) is 30.9 Å². The Labute approximate surface area is 165 Å². The number of aliphatic hydroxyl groups excluding tert-OH is 3. The molecule has 0 bridgehead atoms. The molecular weight excluding hydrogens is 382 g/mol. The minimum Gasteiger partial charge on any atom is -0.493 e. The van der Waals surface area contributed by atoms with E-state index in [4.69, 9.17) is 14.2 Å². The van der Waals surface area contributed by atoms with Gasteiger partial charge >= 0.3 is 0 Å². The number of ether oxygens (including phenoxy) is 3. The molecule has 0 amide bonds. The number of hydrogen-bond acceptors (Lipinski definition) is 10. The van der Waals surface area contributed by atoms with Gasteiger partial charge in [0.1, 0.15) is 30.2 Å². The summed E-state index contributed by atoms with van der Waals surface area (Å²) < 4.78 is 16.6. The average Bonchev–Trinajstić information content (AvgIpc) is 3.33. The van der Waals surface area contributed by atoms with Crippen molar-refractivity contribution in [2.75, 3.05) is 19.0 Å². The van der Waals surface area contributed by atoms with Gasteiger partial charge in [-0.3, -0.25) is 0 Å². The largest absolute Gasteiger partial charge is 0.493 e. The van der Waals surface area contributed by atoms with Crippen molar-refractivity contribution in [2.24, 2.45) is 0 Å². The lowest BCUT2D eigenvalue weighted by Crippen LogP contribution is -2.35. The summed E-state index contributed by atoms with van der Waals surface area (Å²) in [6, 6.07) is 5.32. The van der Waals surface area contributed by atoms with Crippen molar-refractivity contribution >= 4 is 17.0 Å². The highest BCUT2D eigenvalue weighted by Gasteiger charge is 2.44. The zero-order valence-corrected chi connectivity index (χ0v) is 15.5. The van der Waals surface area contributed by atoms with Crippen LogP contribution in [0.4, 0.5) is 5.82 Å². The van der Waals surface area contributed by atoms with E-state index in [9.17, 15) is 15.3 Å². The minimum absolute atomic E-state index is 0.312. The molecule has 3 aromatic rings. The highest BCUT2D eigenvalue weighted by atomic mass is 16.7. The third-order valence-corrected chi connectivity index (χ3v) is 4.68. The summed E-state index contributed by atoms with van der Waals surface area (Å²) in [4.78, 5) is 15.4. The molecule has 1 saturated heterocycles. The molecule has 4 atom stereocenters. The minimum atomic E-state index is -1.32. The molecule has 1 unspecified atom stereocenters. The first-order chi connectivity index (χ1) is 14.1. The number of aliphatic hydroxyl groups is 3. The highest BCUT2D eigenvalue weighted by Crippen LogP contribution is 2.35. The molecule has 0 aliphatic carbocycles. The van der Waals surface area contributed by atoms with Gasteiger partial charge in [0.2, 0.25) is 6.29 Å². The maximum absolute atomic E-state index is 10.2. The van der Waals surface area contributed by atoms with Gasteiger partial charge in [-0.1, -0.05) is 12.1 Å². The summed E-state index contributed by atoms with van der Waals surface area (Å²) in [5.74, 6) is 1.33. The van der Waals surface area contributed by atoms with Crippen LogP contribution in [-0.2, 0) is 11.3 Å². The first kappa shape index (κ1) is 19.3. The lowest BCUT2D eigenvalue weighted by molar-refractivity contribution is -0.117. The Morgan fingerprint density at radius 2 is 2.07 bits per heavy atom. The van der Waals surface area contributed by atoms with Crippen LogP contribution in [0.2, 0.25) is 0 Å². The second-order valence-corrected chi connectivity index (χ2v) is 6.45. The quantitative estimate of drug-likeness (QED) is 0.358. The fourth-order valence-corrected chi connectivity index (χ4v) is 3.15. The van der Waals surface area contributed by atoms with Crippen molar-refractivity contribution in [3.05, 3.63) is 36.4 Å². The third-order valence-electron chi connectivity index (χ3n) is 4.68. The molecule has 1 aliphatic rings. The van der Waals surface area contributed by atoms with Gasteiger partial charge in [0.25, 0.3) is 0 Å². The molecule has 1 aliphatic heterocycles. The van der Waals surface area contributed by atoms with Gasteiger partial charge < -0.3 is 39.8 Å². The molecule has 0 saturated carbocycles. The highest BCUT2D eigenvalue weighted by molar-refractivity contribution is 5.81. The number of benzene rings is 1. The van der Waals surface area contributed by atoms with Crippen LogP contribution in [0.5, 0.6) is 11.5 Å². The van der Waals surface area contributed by atoms with Crippen molar-refractivity contribution in [1.82, 2.24) is 19.9 Å². The van der Waals surface area contributed by atoms with Crippen molar-refractivity contribution < 1.29 is 29.5 Å². The summed E-state index contributed by atoms with van der Waals surface area (Å²) >= 11 is 0. The van der Waals surface area contributed by atoms with Crippen molar-refractivity contribution in [3.8, 4) is 11.5 Å². The van der Waals surface area contributed by atoms with E-state index < -0.39 is 31.2 Å². The summed E-state index contributed by atoms with van der Waals surface area (Å²) in [5, 5.41) is 32.6. The van der Waals surface area contributed by atoms with Crippen LogP contribution in [0.25, 0.3) is 11.2 Å². The van der Waals surface area contributed by atoms with Crippen molar-refractivity contribution in [1.29, 1.82) is 0 Å². The molecule has 1 aromatic carbocycles. The van der Waals surface area contributed by atoms with Gasteiger partial charge in [-0.05, 0) is 6.07 Å². The monoisotopic (exact) mass is 403 g/mol. The normalized spacial score (nSPS) is 24.0. The van der Waals surface area contributed by atoms with Crippen molar-refractivity contribution in [3.63, 3.8) is 0 Å². The summed E-state index contributed by atoms with van der Waals surface area (Å²) in [6.07, 6.45) is -1.71. The zero-order chi connectivity index (χ0) is 20.4. The molecule has 5 N–H and O–H groups in total. The number of methoxy groups -OCH3 is 1. The standard InChI is InChI=1S/C18H21N5O6/c1-27-10-4-2-3-9(5-19-16-12-17(21-7-20-12)23-8-22-16)15(10)29-18-14(26)13(25)11(6-24)28-18/h2-4,7-8,11,13-14,18,24-26H,5-6H2,1H3,(H2,19,20,21,22,23)/t11-,13-,14-,18?/m1/s1. The number of H-pyrrole nitrogens is 1. The second kappa shape index (κ2) is 8.17. The van der Waals surface area contributed by atoms with Crippen molar-refractivity contribution in [2.45, 2.75) is 31.1 Å². The Balaban J connectivity index is 1.57. The summed E-state index contributed by atoms with van der Waals surface area (Å²) in [6.45, 7) is -0.126. The number of rotatable bonds is 7. The van der Waals surface area contributed by atoms with Crippen LogP contribution in [0.1, 0.15) is 5.56 Å². The fourth-order valence-electron chi connectivity index (χ4n) is 3.15. The van der Waals surface area contributed by atoms with E-state index in [1.165, 1.54) is 19.8 Å². The molecule has 4 rings (SSSR count). The van der Waals surface area contributed by atoms with E-state index in [1.54, 1.807) is 12.1 Å². The fraction of sp³-hybridized carbons (Fsp3) is 0.389. The van der Waals surface area contributed by atoms with E-state index in [0.717, 1.165) is 0 Å². The third kappa shape index (κ3) is 3.68. The van der Waals surface area contributed by atoms with E-state index in [1.807, 2.05) is 6.07 Å². The van der Waals surface area contributed by atoms with E-state index in [-0.39, 0.29) is 0 Å². The van der Waals surface area contributed by atoms with Crippen LogP contribution in [0, 0.1) is 0 Å². The van der Waals surface area contributed by atoms with Gasteiger partial charge in [-0.2, -0.15) is 0 Å². The summed E-state index contributed by atoms with van der Waals surface area (Å²) in [7, 11) is 1.50. The smallest absolute Gasteiger partial charge is 0.229 e. The molecule has 0 radical (unpaired) electrons. The van der Waals surface area contributed by atoms with Gasteiger partial charge in [0.05, 0.1) is 20.0 Å². The van der Waals surface area contributed by atoms with E-state index in [0.29, 0.717) is 40.6 Å². The molecule has 11 nitrogen and oxygen atoms in total. The molecule has 154 valence electrons. The maximum atomic E-state index is 10.2. The molecule has 11 heteroatoms. The van der Waals surface area contributed by atoms with E-state index in [2.05, 4.69) is 25.3 Å². The van der Waals surface area contributed by atoms with Gasteiger partial charge in [0, 0.05) is 12.1 Å².